The van der Waals surface area contributed by atoms with Crippen molar-refractivity contribution >= 4 is 12.0 Å². The second kappa shape index (κ2) is 4.47. The molecule has 2 aliphatic heterocycles. The largest absolute Gasteiger partial charge is 0.394 e. The lowest BCUT2D eigenvalue weighted by Crippen LogP contribution is -2.53. The number of urea groups is 1. The normalized spacial score (nSPS) is 34.2. The van der Waals surface area contributed by atoms with Gasteiger partial charge >= 0.3 is 6.03 Å². The van der Waals surface area contributed by atoms with E-state index < -0.39 is 24.5 Å². The van der Waals surface area contributed by atoms with Crippen molar-refractivity contribution in [2.45, 2.75) is 24.9 Å². The van der Waals surface area contributed by atoms with Gasteiger partial charge in [0.25, 0.3) is 0 Å². The van der Waals surface area contributed by atoms with Crippen molar-refractivity contribution in [1.82, 2.24) is 9.80 Å². The average Bonchev–Trinajstić information content (AvgIpc) is 2.65. The molecule has 4 N–H and O–H groups in total. The summed E-state index contributed by atoms with van der Waals surface area (Å²) in [5, 5.41) is 18.6. The molecule has 0 spiro atoms. The van der Waals surface area contributed by atoms with E-state index in [0.29, 0.717) is 0 Å². The van der Waals surface area contributed by atoms with Crippen LogP contribution in [0.2, 0.25) is 0 Å². The molecule has 17 heavy (non-hydrogen) atoms. The highest BCUT2D eigenvalue weighted by atomic mass is 16.5. The maximum Gasteiger partial charge on any atom is 0.350 e. The zero-order chi connectivity index (χ0) is 12.6. The summed E-state index contributed by atoms with van der Waals surface area (Å²) >= 11 is 0. The SMILES string of the molecule is CN1CN([C@H]2CC(O)[C@@H](CO)O2)C(=O)N=C1N. The van der Waals surface area contributed by atoms with Gasteiger partial charge in [0, 0.05) is 13.5 Å². The van der Waals surface area contributed by atoms with Crippen molar-refractivity contribution in [3.05, 3.63) is 0 Å². The van der Waals surface area contributed by atoms with Crippen LogP contribution in [-0.2, 0) is 4.74 Å². The zero-order valence-electron chi connectivity index (χ0n) is 9.48. The molecule has 0 aromatic carbocycles. The Morgan fingerprint density at radius 2 is 2.35 bits per heavy atom. The quantitative estimate of drug-likeness (QED) is 0.523. The van der Waals surface area contributed by atoms with Crippen LogP contribution in [0.1, 0.15) is 6.42 Å². The average molecular weight is 244 g/mol. The molecule has 2 amide bonds. The fourth-order valence-electron chi connectivity index (χ4n) is 1.90. The number of aliphatic hydroxyl groups excluding tert-OH is 2. The summed E-state index contributed by atoms with van der Waals surface area (Å²) in [5.41, 5.74) is 5.51. The zero-order valence-corrected chi connectivity index (χ0v) is 9.48. The van der Waals surface area contributed by atoms with Crippen molar-refractivity contribution in [2.75, 3.05) is 20.3 Å². The molecule has 0 radical (unpaired) electrons. The van der Waals surface area contributed by atoms with Gasteiger partial charge in [0.2, 0.25) is 5.96 Å². The van der Waals surface area contributed by atoms with E-state index in [1.165, 1.54) is 4.90 Å². The third-order valence-electron chi connectivity index (χ3n) is 2.94. The van der Waals surface area contributed by atoms with Crippen LogP contribution in [0, 0.1) is 0 Å². The molecular weight excluding hydrogens is 228 g/mol. The summed E-state index contributed by atoms with van der Waals surface area (Å²) in [6, 6.07) is -0.489. The highest BCUT2D eigenvalue weighted by Gasteiger charge is 2.40. The number of guanidine groups is 1. The number of amides is 2. The van der Waals surface area contributed by atoms with Crippen LogP contribution in [0.25, 0.3) is 0 Å². The minimum Gasteiger partial charge on any atom is -0.394 e. The highest BCUT2D eigenvalue weighted by molar-refractivity contribution is 5.93. The van der Waals surface area contributed by atoms with Crippen LogP contribution in [0.3, 0.4) is 0 Å². The van der Waals surface area contributed by atoms with Gasteiger partial charge in [0.15, 0.2) is 0 Å². The molecule has 0 aromatic heterocycles. The Kier molecular flexibility index (Phi) is 3.18. The molecule has 8 nitrogen and oxygen atoms in total. The molecule has 1 unspecified atom stereocenters. The van der Waals surface area contributed by atoms with Crippen LogP contribution in [0.5, 0.6) is 0 Å². The van der Waals surface area contributed by atoms with Crippen molar-refractivity contribution in [1.29, 1.82) is 0 Å². The monoisotopic (exact) mass is 244 g/mol. The summed E-state index contributed by atoms with van der Waals surface area (Å²) in [5.74, 6) is 0.156. The third kappa shape index (κ3) is 2.19. The topological polar surface area (TPSA) is 112 Å². The van der Waals surface area contributed by atoms with Crippen LogP contribution in [0.15, 0.2) is 4.99 Å². The number of aliphatic hydroxyl groups is 2. The van der Waals surface area contributed by atoms with E-state index in [4.69, 9.17) is 15.6 Å². The van der Waals surface area contributed by atoms with Crippen molar-refractivity contribution in [2.24, 2.45) is 10.7 Å². The van der Waals surface area contributed by atoms with Gasteiger partial charge in [-0.3, -0.25) is 4.90 Å². The minimum absolute atomic E-state index is 0.156. The summed E-state index contributed by atoms with van der Waals surface area (Å²) < 4.78 is 5.38. The molecule has 0 aliphatic carbocycles. The maximum absolute atomic E-state index is 11.6. The first-order valence-electron chi connectivity index (χ1n) is 5.33. The van der Waals surface area contributed by atoms with Crippen molar-refractivity contribution < 1.29 is 19.7 Å². The van der Waals surface area contributed by atoms with Crippen LogP contribution in [-0.4, -0.2) is 70.8 Å². The first-order valence-corrected chi connectivity index (χ1v) is 5.33. The Balaban J connectivity index is 2.07. The van der Waals surface area contributed by atoms with Gasteiger partial charge in [-0.15, -0.1) is 0 Å². The number of nitrogens with two attached hydrogens (primary N) is 1. The smallest absolute Gasteiger partial charge is 0.350 e. The third-order valence-corrected chi connectivity index (χ3v) is 2.94. The van der Waals surface area contributed by atoms with Gasteiger partial charge in [-0.05, 0) is 0 Å². The molecule has 8 heteroatoms. The van der Waals surface area contributed by atoms with E-state index in [1.54, 1.807) is 11.9 Å². The molecule has 3 atom stereocenters. The van der Waals surface area contributed by atoms with Gasteiger partial charge in [-0.2, -0.15) is 4.99 Å². The first-order chi connectivity index (χ1) is 8.02. The number of hydrogen-bond donors (Lipinski definition) is 3. The molecule has 0 bridgehead atoms. The molecule has 2 rings (SSSR count). The van der Waals surface area contributed by atoms with Crippen LogP contribution >= 0.6 is 0 Å². The maximum atomic E-state index is 11.6. The highest BCUT2D eigenvalue weighted by Crippen LogP contribution is 2.24. The predicted octanol–water partition coefficient (Wildman–Crippen LogP) is -1.91. The van der Waals surface area contributed by atoms with Gasteiger partial charge < -0.3 is 25.6 Å². The standard InChI is InChI=1S/C9H16N4O4/c1-12-4-13(9(16)11-8(12)10)7-2-5(15)6(3-14)17-7/h5-7,14-15H,2-4H2,1H3,(H2,10,11,16)/t5?,6-,7-/m1/s1. The van der Waals surface area contributed by atoms with Crippen LogP contribution in [0.4, 0.5) is 4.79 Å². The summed E-state index contributed by atoms with van der Waals surface area (Å²) in [6.45, 7) is -0.0232. The lowest BCUT2D eigenvalue weighted by Gasteiger charge is -2.34. The molecular formula is C9H16N4O4. The van der Waals surface area contributed by atoms with E-state index in [-0.39, 0.29) is 25.7 Å². The Bertz CT molecular complexity index is 348. The Morgan fingerprint density at radius 3 is 2.94 bits per heavy atom. The number of ether oxygens (including phenoxy) is 1. The van der Waals surface area contributed by atoms with E-state index >= 15 is 0 Å². The molecule has 1 saturated heterocycles. The minimum atomic E-state index is -0.772. The fraction of sp³-hybridized carbons (Fsp3) is 0.778. The number of nitrogens with zero attached hydrogens (tertiary/aromatic N) is 3. The van der Waals surface area contributed by atoms with E-state index in [0.717, 1.165) is 0 Å². The number of carbonyl (C=O) groups is 1. The van der Waals surface area contributed by atoms with Gasteiger partial charge in [0.05, 0.1) is 19.4 Å². The van der Waals surface area contributed by atoms with Crippen LogP contribution < -0.4 is 5.73 Å². The van der Waals surface area contributed by atoms with Gasteiger partial charge in [-0.25, -0.2) is 4.79 Å². The Morgan fingerprint density at radius 1 is 1.65 bits per heavy atom. The summed E-state index contributed by atoms with van der Waals surface area (Å²) in [7, 11) is 1.70. The van der Waals surface area contributed by atoms with Gasteiger partial charge in [0.1, 0.15) is 12.3 Å². The Labute approximate surface area is 98.3 Å². The predicted molar refractivity (Wildman–Crippen MR) is 57.9 cm³/mol. The number of aliphatic imine (C=N–C) groups is 1. The fourth-order valence-corrected chi connectivity index (χ4v) is 1.90. The van der Waals surface area contributed by atoms with E-state index in [2.05, 4.69) is 4.99 Å². The summed E-state index contributed by atoms with van der Waals surface area (Å²) in [4.78, 5) is 18.3. The van der Waals surface area contributed by atoms with E-state index in [9.17, 15) is 9.90 Å². The molecule has 2 aliphatic rings. The van der Waals surface area contributed by atoms with Crippen molar-refractivity contribution in [3.8, 4) is 0 Å². The first kappa shape index (κ1) is 12.1. The lowest BCUT2D eigenvalue weighted by molar-refractivity contribution is -0.0702. The van der Waals surface area contributed by atoms with Crippen molar-refractivity contribution in [3.63, 3.8) is 0 Å². The molecule has 2 heterocycles. The molecule has 0 aromatic rings. The number of hydrogen-bond acceptors (Lipinski definition) is 6. The molecule has 0 saturated carbocycles. The van der Waals surface area contributed by atoms with E-state index in [1.807, 2.05) is 0 Å². The second-order valence-electron chi connectivity index (χ2n) is 4.18. The second-order valence-corrected chi connectivity index (χ2v) is 4.18. The van der Waals surface area contributed by atoms with Gasteiger partial charge in [-0.1, -0.05) is 0 Å². The molecule has 96 valence electrons. The number of carbonyl (C=O) groups excluding carboxylic acids is 1. The summed E-state index contributed by atoms with van der Waals surface area (Å²) in [6.07, 6.45) is -1.73. The molecule has 1 fully saturated rings. The number of rotatable bonds is 2. The lowest BCUT2D eigenvalue weighted by atomic mass is 10.2. The Hall–Kier alpha value is -1.38.